The third kappa shape index (κ3) is 4.88. The SMILES string of the molecule is CCCCCCCn1cnc2c(c1=O)c1nc3ccccc3nc1n2CCc1ccc(OC)c(OC)c1. The Morgan fingerprint density at radius 3 is 2.35 bits per heavy atom. The molecule has 0 saturated heterocycles. The van der Waals surface area contributed by atoms with Gasteiger partial charge in [-0.3, -0.25) is 9.36 Å². The maximum atomic E-state index is 13.7. The highest BCUT2D eigenvalue weighted by Gasteiger charge is 2.20. The first-order chi connectivity index (χ1) is 18.1. The molecule has 5 rings (SSSR count). The highest BCUT2D eigenvalue weighted by Crippen LogP contribution is 2.29. The summed E-state index contributed by atoms with van der Waals surface area (Å²) in [5.74, 6) is 1.38. The molecule has 0 fully saturated rings. The first-order valence-electron chi connectivity index (χ1n) is 13.0. The molecule has 37 heavy (non-hydrogen) atoms. The summed E-state index contributed by atoms with van der Waals surface area (Å²) in [7, 11) is 3.26. The second-order valence-corrected chi connectivity index (χ2v) is 9.33. The highest BCUT2D eigenvalue weighted by molar-refractivity contribution is 6.04. The van der Waals surface area contributed by atoms with Crippen LogP contribution in [-0.4, -0.2) is 38.3 Å². The number of methoxy groups -OCH3 is 2. The molecule has 2 aromatic carbocycles. The number of ether oxygens (including phenoxy) is 2. The van der Waals surface area contributed by atoms with Crippen molar-refractivity contribution in [1.29, 1.82) is 0 Å². The maximum absolute atomic E-state index is 13.7. The Morgan fingerprint density at radius 1 is 0.838 bits per heavy atom. The van der Waals surface area contributed by atoms with Crippen LogP contribution in [0.1, 0.15) is 44.6 Å². The van der Waals surface area contributed by atoms with Crippen LogP contribution in [0.3, 0.4) is 0 Å². The number of benzene rings is 2. The van der Waals surface area contributed by atoms with Crippen molar-refractivity contribution in [3.05, 3.63) is 64.7 Å². The van der Waals surface area contributed by atoms with Crippen LogP contribution in [0.15, 0.2) is 53.6 Å². The van der Waals surface area contributed by atoms with Crippen molar-refractivity contribution in [3.8, 4) is 11.5 Å². The number of rotatable bonds is 11. The summed E-state index contributed by atoms with van der Waals surface area (Å²) < 4.78 is 14.6. The molecule has 0 N–H and O–H groups in total. The number of aryl methyl sites for hydroxylation is 3. The Labute approximate surface area is 215 Å². The Morgan fingerprint density at radius 2 is 1.59 bits per heavy atom. The van der Waals surface area contributed by atoms with E-state index >= 15 is 0 Å². The third-order valence-electron chi connectivity index (χ3n) is 6.89. The minimum absolute atomic E-state index is 0.0556. The number of para-hydroxylation sites is 2. The molecule has 0 unspecified atom stereocenters. The summed E-state index contributed by atoms with van der Waals surface area (Å²) in [6.45, 7) is 3.45. The number of nitrogens with zero attached hydrogens (tertiary/aromatic N) is 5. The van der Waals surface area contributed by atoms with E-state index in [9.17, 15) is 4.79 Å². The van der Waals surface area contributed by atoms with E-state index in [0.717, 1.165) is 29.4 Å². The van der Waals surface area contributed by atoms with Crippen LogP contribution in [0, 0.1) is 0 Å². The lowest BCUT2D eigenvalue weighted by Gasteiger charge is -2.11. The van der Waals surface area contributed by atoms with E-state index in [0.29, 0.717) is 53.2 Å². The predicted molar refractivity (Wildman–Crippen MR) is 147 cm³/mol. The van der Waals surface area contributed by atoms with Crippen LogP contribution in [0.4, 0.5) is 0 Å². The van der Waals surface area contributed by atoms with Crippen molar-refractivity contribution < 1.29 is 9.47 Å². The fraction of sp³-hybridized carbons (Fsp3) is 0.379. The standard InChI is InChI=1S/C29H33N5O3/c1-4-5-6-7-10-16-33-19-30-27-25(29(33)35)26-28(32-22-12-9-8-11-21(22)31-26)34(27)17-15-20-13-14-23(36-2)24(18-20)37-3/h8-9,11-14,18-19H,4-7,10,15-17H2,1-3H3. The molecule has 192 valence electrons. The molecule has 0 atom stereocenters. The molecular weight excluding hydrogens is 466 g/mol. The minimum atomic E-state index is -0.0556. The van der Waals surface area contributed by atoms with E-state index in [4.69, 9.17) is 24.4 Å². The molecular formula is C29H33N5O3. The van der Waals surface area contributed by atoms with Gasteiger partial charge in [0.2, 0.25) is 0 Å². The van der Waals surface area contributed by atoms with Crippen molar-refractivity contribution in [2.45, 2.75) is 58.5 Å². The number of aromatic nitrogens is 5. The second kappa shape index (κ2) is 11.0. The van der Waals surface area contributed by atoms with Crippen LogP contribution >= 0.6 is 0 Å². The van der Waals surface area contributed by atoms with E-state index in [2.05, 4.69) is 6.92 Å². The van der Waals surface area contributed by atoms with Crippen LogP contribution in [0.5, 0.6) is 11.5 Å². The fourth-order valence-electron chi connectivity index (χ4n) is 4.87. The topological polar surface area (TPSA) is 84.1 Å². The Hall–Kier alpha value is -3.94. The third-order valence-corrected chi connectivity index (χ3v) is 6.89. The Balaban J connectivity index is 1.56. The molecule has 0 aliphatic heterocycles. The first-order valence-corrected chi connectivity index (χ1v) is 13.0. The van der Waals surface area contributed by atoms with Crippen molar-refractivity contribution >= 4 is 33.2 Å². The molecule has 0 aliphatic carbocycles. The molecule has 8 heteroatoms. The van der Waals surface area contributed by atoms with Crippen molar-refractivity contribution in [1.82, 2.24) is 24.1 Å². The zero-order valence-corrected chi connectivity index (χ0v) is 21.7. The first kappa shape index (κ1) is 24.7. The van der Waals surface area contributed by atoms with Crippen molar-refractivity contribution in [2.75, 3.05) is 14.2 Å². The summed E-state index contributed by atoms with van der Waals surface area (Å²) in [4.78, 5) is 28.2. The molecule has 0 bridgehead atoms. The van der Waals surface area contributed by atoms with E-state index in [-0.39, 0.29) is 5.56 Å². The van der Waals surface area contributed by atoms with E-state index in [1.54, 1.807) is 25.1 Å². The van der Waals surface area contributed by atoms with Crippen LogP contribution in [0.2, 0.25) is 0 Å². The van der Waals surface area contributed by atoms with Gasteiger partial charge in [0.15, 0.2) is 22.8 Å². The van der Waals surface area contributed by atoms with Gasteiger partial charge in [-0.05, 0) is 42.7 Å². The number of hydrogen-bond donors (Lipinski definition) is 0. The van der Waals surface area contributed by atoms with E-state index < -0.39 is 0 Å². The zero-order valence-electron chi connectivity index (χ0n) is 21.7. The molecule has 5 aromatic rings. The van der Waals surface area contributed by atoms with Crippen LogP contribution < -0.4 is 15.0 Å². The van der Waals surface area contributed by atoms with Crippen LogP contribution in [0.25, 0.3) is 33.2 Å². The van der Waals surface area contributed by atoms with Gasteiger partial charge in [0.05, 0.1) is 31.6 Å². The molecule has 3 aromatic heterocycles. The van der Waals surface area contributed by atoms with Gasteiger partial charge in [0.1, 0.15) is 10.9 Å². The average molecular weight is 500 g/mol. The van der Waals surface area contributed by atoms with Gasteiger partial charge >= 0.3 is 0 Å². The monoisotopic (exact) mass is 499 g/mol. The average Bonchev–Trinajstić information content (AvgIpc) is 3.24. The van der Waals surface area contributed by atoms with Gasteiger partial charge < -0.3 is 14.0 Å². The number of unbranched alkanes of at least 4 members (excludes halogenated alkanes) is 4. The van der Waals surface area contributed by atoms with Gasteiger partial charge in [-0.1, -0.05) is 50.8 Å². The molecule has 0 radical (unpaired) electrons. The molecule has 0 amide bonds. The quantitative estimate of drug-likeness (QED) is 0.222. The lowest BCUT2D eigenvalue weighted by atomic mass is 10.1. The van der Waals surface area contributed by atoms with Crippen molar-refractivity contribution in [2.24, 2.45) is 0 Å². The van der Waals surface area contributed by atoms with Gasteiger partial charge in [-0.15, -0.1) is 0 Å². The predicted octanol–water partition coefficient (Wildman–Crippen LogP) is 5.52. The van der Waals surface area contributed by atoms with Gasteiger partial charge in [0.25, 0.3) is 5.56 Å². The van der Waals surface area contributed by atoms with Gasteiger partial charge in [-0.2, -0.15) is 0 Å². The molecule has 0 aliphatic rings. The van der Waals surface area contributed by atoms with Crippen molar-refractivity contribution in [3.63, 3.8) is 0 Å². The number of hydrogen-bond acceptors (Lipinski definition) is 6. The molecule has 8 nitrogen and oxygen atoms in total. The number of fused-ring (bicyclic) bond motifs is 4. The summed E-state index contributed by atoms with van der Waals surface area (Å²) in [5.41, 5.74) is 4.50. The Kier molecular flexibility index (Phi) is 7.35. The zero-order chi connectivity index (χ0) is 25.8. The lowest BCUT2D eigenvalue weighted by Crippen LogP contribution is -2.21. The second-order valence-electron chi connectivity index (χ2n) is 9.33. The molecule has 0 spiro atoms. The normalized spacial score (nSPS) is 11.5. The highest BCUT2D eigenvalue weighted by atomic mass is 16.5. The van der Waals surface area contributed by atoms with Gasteiger partial charge in [0, 0.05) is 13.1 Å². The van der Waals surface area contributed by atoms with Crippen LogP contribution in [-0.2, 0) is 19.5 Å². The summed E-state index contributed by atoms with van der Waals surface area (Å²) in [6, 6.07) is 13.7. The summed E-state index contributed by atoms with van der Waals surface area (Å²) in [5, 5.41) is 0.539. The van der Waals surface area contributed by atoms with E-state index in [1.807, 2.05) is 47.0 Å². The maximum Gasteiger partial charge on any atom is 0.265 e. The van der Waals surface area contributed by atoms with Gasteiger partial charge in [-0.25, -0.2) is 15.0 Å². The largest absolute Gasteiger partial charge is 0.493 e. The summed E-state index contributed by atoms with van der Waals surface area (Å²) >= 11 is 0. The minimum Gasteiger partial charge on any atom is -0.493 e. The lowest BCUT2D eigenvalue weighted by molar-refractivity contribution is 0.354. The molecule has 0 saturated carbocycles. The Bertz CT molecular complexity index is 1600. The van der Waals surface area contributed by atoms with E-state index in [1.165, 1.54) is 19.3 Å². The summed E-state index contributed by atoms with van der Waals surface area (Å²) in [6.07, 6.45) is 8.06. The fourth-order valence-corrected chi connectivity index (χ4v) is 4.87. The molecule has 3 heterocycles. The smallest absolute Gasteiger partial charge is 0.265 e.